The highest BCUT2D eigenvalue weighted by Crippen LogP contribution is 2.30. The summed E-state index contributed by atoms with van der Waals surface area (Å²) in [5.41, 5.74) is 2.42. The highest BCUT2D eigenvalue weighted by Gasteiger charge is 2.21. The number of nitrogens with zero attached hydrogens (tertiary/aromatic N) is 2. The Bertz CT molecular complexity index is 566. The maximum atomic E-state index is 4.47. The minimum atomic E-state index is 0.140. The molecule has 1 atom stereocenters. The highest BCUT2D eigenvalue weighted by atomic mass is 79.9. The second kappa shape index (κ2) is 7.38. The van der Waals surface area contributed by atoms with Gasteiger partial charge in [0.2, 0.25) is 0 Å². The van der Waals surface area contributed by atoms with E-state index in [0.29, 0.717) is 0 Å². The van der Waals surface area contributed by atoms with Crippen LogP contribution in [-0.4, -0.2) is 16.3 Å². The smallest absolute Gasteiger partial charge is 0.0760 e. The van der Waals surface area contributed by atoms with Gasteiger partial charge in [-0.1, -0.05) is 41.9 Å². The summed E-state index contributed by atoms with van der Waals surface area (Å²) in [6, 6.07) is 8.56. The Morgan fingerprint density at radius 3 is 2.75 bits per heavy atom. The summed E-state index contributed by atoms with van der Waals surface area (Å²) >= 11 is 7.19. The molecule has 0 aliphatic rings. The van der Waals surface area contributed by atoms with Gasteiger partial charge in [-0.15, -0.1) is 0 Å². The van der Waals surface area contributed by atoms with Crippen molar-refractivity contribution in [3.8, 4) is 0 Å². The first kappa shape index (κ1) is 15.7. The first-order chi connectivity index (χ1) is 9.67. The molecule has 0 radical (unpaired) electrons. The van der Waals surface area contributed by atoms with Crippen LogP contribution in [0.1, 0.15) is 37.6 Å². The van der Waals surface area contributed by atoms with Crippen molar-refractivity contribution in [2.75, 3.05) is 6.54 Å². The largest absolute Gasteiger partial charge is 0.305 e. The van der Waals surface area contributed by atoms with Crippen molar-refractivity contribution in [2.45, 2.75) is 32.9 Å². The van der Waals surface area contributed by atoms with E-state index in [2.05, 4.69) is 79.0 Å². The molecule has 1 aromatic heterocycles. The van der Waals surface area contributed by atoms with Gasteiger partial charge >= 0.3 is 0 Å². The van der Waals surface area contributed by atoms with E-state index in [1.807, 2.05) is 12.3 Å². The molecule has 20 heavy (non-hydrogen) atoms. The van der Waals surface area contributed by atoms with Crippen LogP contribution in [0.3, 0.4) is 0 Å². The molecule has 0 aliphatic carbocycles. The first-order valence-corrected chi connectivity index (χ1v) is 8.46. The SMILES string of the molecule is CCCn1ncc(Br)c1C(NCC)c1cccc(Br)c1. The lowest BCUT2D eigenvalue weighted by atomic mass is 10.0. The fourth-order valence-corrected chi connectivity index (χ4v) is 3.25. The summed E-state index contributed by atoms with van der Waals surface area (Å²) in [6.45, 7) is 6.12. The van der Waals surface area contributed by atoms with Gasteiger partial charge in [-0.3, -0.25) is 4.68 Å². The molecule has 1 heterocycles. The lowest BCUT2D eigenvalue weighted by molar-refractivity contribution is 0.519. The highest BCUT2D eigenvalue weighted by molar-refractivity contribution is 9.10. The third kappa shape index (κ3) is 3.51. The number of hydrogen-bond acceptors (Lipinski definition) is 2. The maximum Gasteiger partial charge on any atom is 0.0760 e. The van der Waals surface area contributed by atoms with E-state index in [1.54, 1.807) is 0 Å². The second-order valence-electron chi connectivity index (χ2n) is 4.65. The Kier molecular flexibility index (Phi) is 5.81. The first-order valence-electron chi connectivity index (χ1n) is 6.87. The monoisotopic (exact) mass is 399 g/mol. The van der Waals surface area contributed by atoms with Gasteiger partial charge in [0.25, 0.3) is 0 Å². The summed E-state index contributed by atoms with van der Waals surface area (Å²) in [7, 11) is 0. The van der Waals surface area contributed by atoms with Crippen molar-refractivity contribution >= 4 is 31.9 Å². The zero-order valence-electron chi connectivity index (χ0n) is 11.7. The van der Waals surface area contributed by atoms with Gasteiger partial charge in [-0.2, -0.15) is 5.10 Å². The van der Waals surface area contributed by atoms with Crippen molar-refractivity contribution < 1.29 is 0 Å². The molecule has 0 saturated carbocycles. The van der Waals surface area contributed by atoms with E-state index in [0.717, 1.165) is 28.5 Å². The van der Waals surface area contributed by atoms with Gasteiger partial charge in [0, 0.05) is 11.0 Å². The maximum absolute atomic E-state index is 4.47. The number of nitrogens with one attached hydrogen (secondary N) is 1. The predicted molar refractivity (Wildman–Crippen MR) is 89.9 cm³/mol. The average molecular weight is 401 g/mol. The van der Waals surface area contributed by atoms with Crippen LogP contribution < -0.4 is 5.32 Å². The van der Waals surface area contributed by atoms with Crippen LogP contribution >= 0.6 is 31.9 Å². The lowest BCUT2D eigenvalue weighted by Crippen LogP contribution is -2.25. The molecule has 1 unspecified atom stereocenters. The Hall–Kier alpha value is -0.650. The molecule has 0 saturated heterocycles. The van der Waals surface area contributed by atoms with Gasteiger partial charge in [0.1, 0.15) is 0 Å². The number of hydrogen-bond donors (Lipinski definition) is 1. The van der Waals surface area contributed by atoms with Crippen LogP contribution in [0.4, 0.5) is 0 Å². The average Bonchev–Trinajstić information content (AvgIpc) is 2.78. The fourth-order valence-electron chi connectivity index (χ4n) is 2.31. The van der Waals surface area contributed by atoms with Gasteiger partial charge in [-0.05, 0) is 46.6 Å². The van der Waals surface area contributed by atoms with Crippen LogP contribution in [0.15, 0.2) is 39.4 Å². The molecule has 3 nitrogen and oxygen atoms in total. The van der Waals surface area contributed by atoms with E-state index in [9.17, 15) is 0 Å². The normalized spacial score (nSPS) is 12.6. The standard InChI is InChI=1S/C15H19Br2N3/c1-3-8-20-15(13(17)10-19-20)14(18-4-2)11-6-5-7-12(16)9-11/h5-7,9-10,14,18H,3-4,8H2,1-2H3. The Labute approximate surface area is 137 Å². The van der Waals surface area contributed by atoms with Crippen LogP contribution in [0, 0.1) is 0 Å². The van der Waals surface area contributed by atoms with E-state index < -0.39 is 0 Å². The zero-order valence-corrected chi connectivity index (χ0v) is 14.9. The van der Waals surface area contributed by atoms with E-state index in [1.165, 1.54) is 11.3 Å². The van der Waals surface area contributed by atoms with E-state index in [-0.39, 0.29) is 6.04 Å². The molecule has 0 spiro atoms. The molecule has 0 bridgehead atoms. The zero-order chi connectivity index (χ0) is 14.5. The molecule has 0 fully saturated rings. The minimum Gasteiger partial charge on any atom is -0.305 e. The van der Waals surface area contributed by atoms with Gasteiger partial charge < -0.3 is 5.32 Å². The quantitative estimate of drug-likeness (QED) is 0.772. The van der Waals surface area contributed by atoms with Crippen molar-refractivity contribution in [2.24, 2.45) is 0 Å². The van der Waals surface area contributed by atoms with Crippen molar-refractivity contribution in [1.82, 2.24) is 15.1 Å². The molecule has 0 amide bonds. The van der Waals surface area contributed by atoms with Gasteiger partial charge in [0.15, 0.2) is 0 Å². The van der Waals surface area contributed by atoms with E-state index in [4.69, 9.17) is 0 Å². The Morgan fingerprint density at radius 2 is 2.10 bits per heavy atom. The molecule has 5 heteroatoms. The van der Waals surface area contributed by atoms with Crippen molar-refractivity contribution in [1.29, 1.82) is 0 Å². The minimum absolute atomic E-state index is 0.140. The third-order valence-electron chi connectivity index (χ3n) is 3.13. The lowest BCUT2D eigenvalue weighted by Gasteiger charge is -2.21. The molecule has 2 aromatic rings. The van der Waals surface area contributed by atoms with Crippen LogP contribution in [0.5, 0.6) is 0 Å². The summed E-state index contributed by atoms with van der Waals surface area (Å²) in [6.07, 6.45) is 2.95. The van der Waals surface area contributed by atoms with Gasteiger partial charge in [0.05, 0.1) is 22.4 Å². The number of benzene rings is 1. The molecule has 2 rings (SSSR count). The molecular formula is C15H19Br2N3. The second-order valence-corrected chi connectivity index (χ2v) is 6.42. The molecule has 1 N–H and O–H groups in total. The van der Waals surface area contributed by atoms with Gasteiger partial charge in [-0.25, -0.2) is 0 Å². The van der Waals surface area contributed by atoms with Crippen molar-refractivity contribution in [3.63, 3.8) is 0 Å². The topological polar surface area (TPSA) is 29.9 Å². The predicted octanol–water partition coefficient (Wildman–Crippen LogP) is 4.52. The van der Waals surface area contributed by atoms with Crippen LogP contribution in [0.25, 0.3) is 0 Å². The van der Waals surface area contributed by atoms with Crippen LogP contribution in [0.2, 0.25) is 0 Å². The summed E-state index contributed by atoms with van der Waals surface area (Å²) in [5, 5.41) is 8.03. The third-order valence-corrected chi connectivity index (χ3v) is 4.24. The molecule has 1 aromatic carbocycles. The van der Waals surface area contributed by atoms with E-state index >= 15 is 0 Å². The summed E-state index contributed by atoms with van der Waals surface area (Å²) < 4.78 is 4.23. The molecular weight excluding hydrogens is 382 g/mol. The Morgan fingerprint density at radius 1 is 1.30 bits per heavy atom. The fraction of sp³-hybridized carbons (Fsp3) is 0.400. The number of rotatable bonds is 6. The number of halogens is 2. The summed E-state index contributed by atoms with van der Waals surface area (Å²) in [4.78, 5) is 0. The van der Waals surface area contributed by atoms with Crippen LogP contribution in [-0.2, 0) is 6.54 Å². The molecule has 0 aliphatic heterocycles. The Balaban J connectivity index is 2.45. The molecule has 108 valence electrons. The number of aryl methyl sites for hydroxylation is 1. The summed E-state index contributed by atoms with van der Waals surface area (Å²) in [5.74, 6) is 0. The number of aromatic nitrogens is 2. The van der Waals surface area contributed by atoms with Crippen molar-refractivity contribution in [3.05, 3.63) is 50.7 Å².